The highest BCUT2D eigenvalue weighted by atomic mass is 35.5. The lowest BCUT2D eigenvalue weighted by atomic mass is 9.92. The molecule has 0 saturated carbocycles. The number of carbonyl (C=O) groups excluding carboxylic acids is 1. The molecule has 230 valence electrons. The first-order valence-electron chi connectivity index (χ1n) is 13.2. The number of sulfone groups is 1. The molecule has 0 fully saturated rings. The number of sulfonamides is 1. The summed E-state index contributed by atoms with van der Waals surface area (Å²) in [5.74, 6) is -0.918. The van der Waals surface area contributed by atoms with Crippen molar-refractivity contribution in [2.24, 2.45) is 0 Å². The molecule has 0 aromatic heterocycles. The zero-order valence-electron chi connectivity index (χ0n) is 24.5. The fourth-order valence-corrected chi connectivity index (χ4v) is 10.7. The standard InChI is InChI=1S/C30H33ClNO8PS2/c1-28(2,3)39-41(34,40-29(4,5)6)30(32-43(37,38)23-12-8-7-9-13-23)20-26(27(33)24-14-10-11-15-25(24)30)42(35,36)22-18-16-21(31)17-19-22/h7-20,32H,1-6H3. The van der Waals surface area contributed by atoms with Crippen LogP contribution in [0.15, 0.2) is 99.6 Å². The third-order valence-corrected chi connectivity index (χ3v) is 12.7. The van der Waals surface area contributed by atoms with Crippen LogP contribution < -0.4 is 4.72 Å². The molecule has 1 N–H and O–H groups in total. The molecule has 0 radical (unpaired) electrons. The molecule has 0 spiro atoms. The Bertz CT molecular complexity index is 1820. The number of benzene rings is 3. The fourth-order valence-electron chi connectivity index (χ4n) is 4.53. The van der Waals surface area contributed by atoms with Crippen molar-refractivity contribution >= 4 is 44.8 Å². The van der Waals surface area contributed by atoms with Crippen molar-refractivity contribution in [1.82, 2.24) is 4.72 Å². The summed E-state index contributed by atoms with van der Waals surface area (Å²) >= 11 is 5.98. The highest BCUT2D eigenvalue weighted by Crippen LogP contribution is 2.69. The van der Waals surface area contributed by atoms with Gasteiger partial charge in [-0.15, -0.1) is 0 Å². The molecule has 0 saturated heterocycles. The van der Waals surface area contributed by atoms with E-state index in [0.717, 1.165) is 6.08 Å². The summed E-state index contributed by atoms with van der Waals surface area (Å²) in [4.78, 5) is 12.6. The molecule has 0 aliphatic heterocycles. The normalized spacial score (nSPS) is 18.2. The van der Waals surface area contributed by atoms with Crippen LogP contribution >= 0.6 is 19.2 Å². The van der Waals surface area contributed by atoms with Gasteiger partial charge in [-0.1, -0.05) is 54.1 Å². The van der Waals surface area contributed by atoms with Gasteiger partial charge in [0.1, 0.15) is 4.91 Å². The first kappa shape index (κ1) is 33.3. The van der Waals surface area contributed by atoms with E-state index in [0.29, 0.717) is 0 Å². The Kier molecular flexibility index (Phi) is 8.80. The van der Waals surface area contributed by atoms with E-state index in [9.17, 15) is 21.6 Å². The van der Waals surface area contributed by atoms with E-state index in [-0.39, 0.29) is 25.9 Å². The molecular formula is C30H33ClNO8PS2. The third kappa shape index (κ3) is 6.73. The Balaban J connectivity index is 2.17. The van der Waals surface area contributed by atoms with Crippen molar-refractivity contribution in [2.75, 3.05) is 0 Å². The number of ketones is 1. The predicted molar refractivity (Wildman–Crippen MR) is 165 cm³/mol. The van der Waals surface area contributed by atoms with Crippen molar-refractivity contribution in [3.63, 3.8) is 0 Å². The summed E-state index contributed by atoms with van der Waals surface area (Å²) in [5.41, 5.74) is -2.66. The number of nitrogens with one attached hydrogen (secondary N) is 1. The van der Waals surface area contributed by atoms with Gasteiger partial charge in [0, 0.05) is 16.1 Å². The molecule has 1 unspecified atom stereocenters. The lowest BCUT2D eigenvalue weighted by Crippen LogP contribution is -2.50. The molecule has 3 aromatic rings. The molecule has 0 amide bonds. The summed E-state index contributed by atoms with van der Waals surface area (Å²) in [7, 11) is -14.0. The Hall–Kier alpha value is -2.63. The van der Waals surface area contributed by atoms with Crippen molar-refractivity contribution in [3.05, 3.63) is 106 Å². The average molecular weight is 666 g/mol. The SMILES string of the molecule is CC(C)(C)OP(=O)(OC(C)(C)C)C1(NS(=O)(=O)c2ccccc2)C=C(S(=O)(=O)c2ccc(Cl)cc2)C(=O)c2ccccc21. The highest BCUT2D eigenvalue weighted by Gasteiger charge is 2.60. The molecule has 3 aromatic carbocycles. The zero-order chi connectivity index (χ0) is 32.1. The van der Waals surface area contributed by atoms with Crippen LogP contribution in [-0.2, 0) is 38.8 Å². The molecule has 9 nitrogen and oxygen atoms in total. The van der Waals surface area contributed by atoms with Crippen molar-refractivity contribution < 1.29 is 35.2 Å². The van der Waals surface area contributed by atoms with Crippen LogP contribution in [-0.4, -0.2) is 33.8 Å². The number of hydrogen-bond donors (Lipinski definition) is 1. The Morgan fingerprint density at radius 3 is 1.79 bits per heavy atom. The number of rotatable bonds is 8. The molecule has 43 heavy (non-hydrogen) atoms. The van der Waals surface area contributed by atoms with E-state index < -0.39 is 54.6 Å². The van der Waals surface area contributed by atoms with Crippen LogP contribution in [0.3, 0.4) is 0 Å². The van der Waals surface area contributed by atoms with Crippen molar-refractivity contribution in [1.29, 1.82) is 0 Å². The fraction of sp³-hybridized carbons (Fsp3) is 0.300. The van der Waals surface area contributed by atoms with Crippen molar-refractivity contribution in [3.8, 4) is 0 Å². The van der Waals surface area contributed by atoms with Crippen LogP contribution in [0.4, 0.5) is 0 Å². The number of carbonyl (C=O) groups is 1. The summed E-state index contributed by atoms with van der Waals surface area (Å²) in [6.07, 6.45) is 0.861. The maximum Gasteiger partial charge on any atom is 0.361 e. The van der Waals surface area contributed by atoms with Gasteiger partial charge < -0.3 is 9.05 Å². The quantitative estimate of drug-likeness (QED) is 0.258. The second-order valence-corrected chi connectivity index (χ2v) is 18.0. The summed E-state index contributed by atoms with van der Waals surface area (Å²) in [6, 6.07) is 18.2. The van der Waals surface area contributed by atoms with Gasteiger partial charge in [0.15, 0.2) is 5.28 Å². The first-order valence-corrected chi connectivity index (χ1v) is 18.1. The minimum absolute atomic E-state index is 0.0913. The molecule has 0 bridgehead atoms. The van der Waals surface area contributed by atoms with Crippen LogP contribution in [0.1, 0.15) is 57.5 Å². The smallest absolute Gasteiger partial charge is 0.301 e. The van der Waals surface area contributed by atoms with E-state index in [1.54, 1.807) is 47.6 Å². The molecule has 1 aliphatic carbocycles. The number of hydrogen-bond acceptors (Lipinski definition) is 8. The van der Waals surface area contributed by atoms with Crippen molar-refractivity contribution in [2.45, 2.75) is 67.8 Å². The van der Waals surface area contributed by atoms with E-state index >= 15 is 4.57 Å². The second-order valence-electron chi connectivity index (χ2n) is 11.9. The summed E-state index contributed by atoms with van der Waals surface area (Å²) < 4.78 is 86.3. The summed E-state index contributed by atoms with van der Waals surface area (Å²) in [6.45, 7) is 9.58. The van der Waals surface area contributed by atoms with E-state index in [1.807, 2.05) is 0 Å². The maximum absolute atomic E-state index is 15.4. The minimum atomic E-state index is -4.86. The van der Waals surface area contributed by atoms with Gasteiger partial charge in [-0.2, -0.15) is 4.72 Å². The third-order valence-electron chi connectivity index (χ3n) is 6.12. The molecule has 1 atom stereocenters. The Labute approximate surface area is 257 Å². The van der Waals surface area contributed by atoms with E-state index in [2.05, 4.69) is 4.72 Å². The number of halogens is 1. The molecular weight excluding hydrogens is 633 g/mol. The average Bonchev–Trinajstić information content (AvgIpc) is 2.88. The van der Waals surface area contributed by atoms with Gasteiger partial charge in [-0.3, -0.25) is 9.36 Å². The lowest BCUT2D eigenvalue weighted by Gasteiger charge is -2.44. The molecule has 0 heterocycles. The monoisotopic (exact) mass is 665 g/mol. The van der Waals surface area contributed by atoms with Crippen LogP contribution in [0.25, 0.3) is 0 Å². The second kappa shape index (κ2) is 11.4. The largest absolute Gasteiger partial charge is 0.361 e. The summed E-state index contributed by atoms with van der Waals surface area (Å²) in [5, 5.41) is -2.25. The molecule has 1 aliphatic rings. The van der Waals surface area contributed by atoms with E-state index in [1.165, 1.54) is 72.8 Å². The van der Waals surface area contributed by atoms with Crippen LogP contribution in [0, 0.1) is 0 Å². The van der Waals surface area contributed by atoms with Gasteiger partial charge >= 0.3 is 7.60 Å². The first-order chi connectivity index (χ1) is 19.7. The maximum atomic E-state index is 15.4. The van der Waals surface area contributed by atoms with Crippen LogP contribution in [0.2, 0.25) is 5.02 Å². The van der Waals surface area contributed by atoms with E-state index in [4.69, 9.17) is 20.6 Å². The number of fused-ring (bicyclic) bond motifs is 1. The van der Waals surface area contributed by atoms with Gasteiger partial charge in [0.05, 0.1) is 21.0 Å². The Morgan fingerprint density at radius 1 is 0.744 bits per heavy atom. The number of Topliss-reactive ketones (excluding diaryl/α,β-unsaturated/α-hetero) is 1. The van der Waals surface area contributed by atoms with Gasteiger partial charge in [0.25, 0.3) is 0 Å². The predicted octanol–water partition coefficient (Wildman–Crippen LogP) is 6.85. The van der Waals surface area contributed by atoms with Gasteiger partial charge in [0.2, 0.25) is 25.6 Å². The van der Waals surface area contributed by atoms with Crippen LogP contribution in [0.5, 0.6) is 0 Å². The van der Waals surface area contributed by atoms with Gasteiger partial charge in [-0.05, 0) is 84.0 Å². The zero-order valence-corrected chi connectivity index (χ0v) is 27.8. The minimum Gasteiger partial charge on any atom is -0.301 e. The lowest BCUT2D eigenvalue weighted by molar-refractivity contribution is 0.0395. The molecule has 13 heteroatoms. The number of allylic oxidation sites excluding steroid dienone is 1. The highest BCUT2D eigenvalue weighted by molar-refractivity contribution is 7.96. The molecule has 4 rings (SSSR count). The topological polar surface area (TPSA) is 133 Å². The Morgan fingerprint density at radius 2 is 1.26 bits per heavy atom. The van der Waals surface area contributed by atoms with Gasteiger partial charge in [-0.25, -0.2) is 16.8 Å².